The first-order valence-corrected chi connectivity index (χ1v) is 7.40. The molecule has 2 fully saturated rings. The minimum atomic E-state index is -0.807. The van der Waals surface area contributed by atoms with Crippen LogP contribution in [0.3, 0.4) is 0 Å². The minimum Gasteiger partial charge on any atom is -0.481 e. The quantitative estimate of drug-likeness (QED) is 0.804. The number of carbonyl (C=O) groups excluding carboxylic acids is 1. The number of hydrogen-bond acceptors (Lipinski definition) is 3. The standard InChI is InChI=1S/C14H24N2O4/c1-9-8-20-10(2)7-16(9)14(19)15-12-6-4-3-5-11(12)13(17)18/h9-12H,3-8H2,1-2H3,(H,15,19)(H,17,18). The van der Waals surface area contributed by atoms with Gasteiger partial charge in [0.15, 0.2) is 0 Å². The fourth-order valence-electron chi connectivity index (χ4n) is 3.03. The van der Waals surface area contributed by atoms with E-state index in [-0.39, 0.29) is 24.2 Å². The van der Waals surface area contributed by atoms with Gasteiger partial charge in [-0.25, -0.2) is 4.79 Å². The van der Waals surface area contributed by atoms with Gasteiger partial charge in [-0.15, -0.1) is 0 Å². The lowest BCUT2D eigenvalue weighted by molar-refractivity contribution is -0.143. The Labute approximate surface area is 119 Å². The van der Waals surface area contributed by atoms with Crippen LogP contribution in [0.5, 0.6) is 0 Å². The zero-order valence-electron chi connectivity index (χ0n) is 12.2. The third-order valence-corrected chi connectivity index (χ3v) is 4.26. The molecule has 6 nitrogen and oxygen atoms in total. The van der Waals surface area contributed by atoms with E-state index in [1.165, 1.54) is 0 Å². The van der Waals surface area contributed by atoms with E-state index >= 15 is 0 Å². The van der Waals surface area contributed by atoms with E-state index in [2.05, 4.69) is 5.32 Å². The number of rotatable bonds is 2. The summed E-state index contributed by atoms with van der Waals surface area (Å²) in [5.41, 5.74) is 0. The molecule has 2 N–H and O–H groups in total. The van der Waals surface area contributed by atoms with Crippen LogP contribution in [0.4, 0.5) is 4.79 Å². The van der Waals surface area contributed by atoms with E-state index in [4.69, 9.17) is 4.74 Å². The Kier molecular flexibility index (Phi) is 4.86. The van der Waals surface area contributed by atoms with Crippen LogP contribution in [0.2, 0.25) is 0 Å². The van der Waals surface area contributed by atoms with E-state index in [9.17, 15) is 14.7 Å². The first-order valence-electron chi connectivity index (χ1n) is 7.40. The molecule has 20 heavy (non-hydrogen) atoms. The third-order valence-electron chi connectivity index (χ3n) is 4.26. The van der Waals surface area contributed by atoms with E-state index in [1.807, 2.05) is 13.8 Å². The lowest BCUT2D eigenvalue weighted by Gasteiger charge is -2.38. The van der Waals surface area contributed by atoms with Gasteiger partial charge in [0.2, 0.25) is 0 Å². The Balaban J connectivity index is 1.96. The molecule has 0 aromatic heterocycles. The summed E-state index contributed by atoms with van der Waals surface area (Å²) in [4.78, 5) is 25.4. The lowest BCUT2D eigenvalue weighted by atomic mass is 9.84. The SMILES string of the molecule is CC1CN(C(=O)NC2CCCCC2C(=O)O)C(C)CO1. The molecule has 6 heteroatoms. The van der Waals surface area contributed by atoms with Gasteiger partial charge in [-0.3, -0.25) is 4.79 Å². The summed E-state index contributed by atoms with van der Waals surface area (Å²) in [5, 5.41) is 12.2. The number of urea groups is 1. The number of carbonyl (C=O) groups is 2. The molecule has 1 saturated heterocycles. The van der Waals surface area contributed by atoms with Crippen molar-refractivity contribution in [2.75, 3.05) is 13.2 Å². The van der Waals surface area contributed by atoms with E-state index in [1.54, 1.807) is 4.90 Å². The number of hydrogen-bond donors (Lipinski definition) is 2. The third kappa shape index (κ3) is 3.42. The van der Waals surface area contributed by atoms with Crippen molar-refractivity contribution in [1.82, 2.24) is 10.2 Å². The molecule has 1 aliphatic heterocycles. The molecule has 2 amide bonds. The molecule has 0 radical (unpaired) electrons. The van der Waals surface area contributed by atoms with Crippen LogP contribution in [0.25, 0.3) is 0 Å². The molecule has 4 unspecified atom stereocenters. The zero-order chi connectivity index (χ0) is 14.7. The summed E-state index contributed by atoms with van der Waals surface area (Å²) in [6.07, 6.45) is 3.32. The van der Waals surface area contributed by atoms with Crippen molar-refractivity contribution in [2.24, 2.45) is 5.92 Å². The number of aliphatic carboxylic acids is 1. The Morgan fingerprint density at radius 1 is 1.25 bits per heavy atom. The number of ether oxygens (including phenoxy) is 1. The van der Waals surface area contributed by atoms with Gasteiger partial charge in [0.05, 0.1) is 24.7 Å². The van der Waals surface area contributed by atoms with Crippen molar-refractivity contribution in [3.05, 3.63) is 0 Å². The maximum absolute atomic E-state index is 12.4. The van der Waals surface area contributed by atoms with Crippen molar-refractivity contribution in [1.29, 1.82) is 0 Å². The second-order valence-electron chi connectivity index (χ2n) is 5.93. The molecule has 1 aliphatic carbocycles. The first kappa shape index (κ1) is 15.1. The monoisotopic (exact) mass is 284 g/mol. The summed E-state index contributed by atoms with van der Waals surface area (Å²) in [5.74, 6) is -1.26. The van der Waals surface area contributed by atoms with E-state index < -0.39 is 11.9 Å². The van der Waals surface area contributed by atoms with Crippen LogP contribution in [-0.2, 0) is 9.53 Å². The highest BCUT2D eigenvalue weighted by atomic mass is 16.5. The molecule has 2 aliphatic rings. The average Bonchev–Trinajstić information content (AvgIpc) is 2.41. The van der Waals surface area contributed by atoms with Crippen molar-refractivity contribution in [3.8, 4) is 0 Å². The van der Waals surface area contributed by atoms with Crippen molar-refractivity contribution >= 4 is 12.0 Å². The minimum absolute atomic E-state index is 0.0260. The van der Waals surface area contributed by atoms with Crippen LogP contribution in [-0.4, -0.2) is 53.3 Å². The highest BCUT2D eigenvalue weighted by molar-refractivity contribution is 5.77. The summed E-state index contributed by atoms with van der Waals surface area (Å²) in [6.45, 7) is 4.97. The van der Waals surface area contributed by atoms with Crippen LogP contribution in [0, 0.1) is 5.92 Å². The Bertz CT molecular complexity index is 374. The van der Waals surface area contributed by atoms with Gasteiger partial charge < -0.3 is 20.1 Å². The average molecular weight is 284 g/mol. The molecule has 0 bridgehead atoms. The van der Waals surface area contributed by atoms with Gasteiger partial charge in [0.25, 0.3) is 0 Å². The highest BCUT2D eigenvalue weighted by Gasteiger charge is 2.34. The topological polar surface area (TPSA) is 78.9 Å². The number of nitrogens with one attached hydrogen (secondary N) is 1. The Morgan fingerprint density at radius 2 is 1.95 bits per heavy atom. The predicted molar refractivity (Wildman–Crippen MR) is 73.5 cm³/mol. The van der Waals surface area contributed by atoms with E-state index in [0.29, 0.717) is 19.6 Å². The number of carboxylic acid groups (broad SMARTS) is 1. The molecular formula is C14H24N2O4. The van der Waals surface area contributed by atoms with Gasteiger partial charge in [-0.2, -0.15) is 0 Å². The summed E-state index contributed by atoms with van der Waals surface area (Å²) in [7, 11) is 0. The van der Waals surface area contributed by atoms with Crippen LogP contribution in [0.1, 0.15) is 39.5 Å². The lowest BCUT2D eigenvalue weighted by Crippen LogP contribution is -2.57. The number of morpholine rings is 1. The molecule has 1 saturated carbocycles. The van der Waals surface area contributed by atoms with Crippen molar-refractivity contribution in [2.45, 2.75) is 57.7 Å². The maximum atomic E-state index is 12.4. The Hall–Kier alpha value is -1.30. The maximum Gasteiger partial charge on any atom is 0.318 e. The molecule has 0 aromatic rings. The van der Waals surface area contributed by atoms with Crippen molar-refractivity contribution in [3.63, 3.8) is 0 Å². The van der Waals surface area contributed by atoms with E-state index in [0.717, 1.165) is 19.3 Å². The zero-order valence-corrected chi connectivity index (χ0v) is 12.2. The molecule has 1 heterocycles. The Morgan fingerprint density at radius 3 is 2.65 bits per heavy atom. The summed E-state index contributed by atoms with van der Waals surface area (Å²) in [6, 6.07) is -0.386. The molecule has 0 spiro atoms. The van der Waals surface area contributed by atoms with Gasteiger partial charge >= 0.3 is 12.0 Å². The number of nitrogens with zero attached hydrogens (tertiary/aromatic N) is 1. The van der Waals surface area contributed by atoms with Crippen LogP contribution in [0.15, 0.2) is 0 Å². The fourth-order valence-corrected chi connectivity index (χ4v) is 3.03. The predicted octanol–water partition coefficient (Wildman–Crippen LogP) is 1.45. The second-order valence-corrected chi connectivity index (χ2v) is 5.93. The molecule has 2 rings (SSSR count). The van der Waals surface area contributed by atoms with Gasteiger partial charge in [-0.1, -0.05) is 12.8 Å². The van der Waals surface area contributed by atoms with Gasteiger partial charge in [-0.05, 0) is 26.7 Å². The second kappa shape index (κ2) is 6.43. The first-order chi connectivity index (χ1) is 9.49. The largest absolute Gasteiger partial charge is 0.481 e. The summed E-state index contributed by atoms with van der Waals surface area (Å²) < 4.78 is 5.50. The van der Waals surface area contributed by atoms with Gasteiger partial charge in [0.1, 0.15) is 0 Å². The normalized spacial score (nSPS) is 34.6. The molecule has 0 aromatic carbocycles. The smallest absolute Gasteiger partial charge is 0.318 e. The fraction of sp³-hybridized carbons (Fsp3) is 0.857. The van der Waals surface area contributed by atoms with Crippen LogP contribution < -0.4 is 5.32 Å². The summed E-state index contributed by atoms with van der Waals surface area (Å²) >= 11 is 0. The number of amides is 2. The number of carboxylic acids is 1. The van der Waals surface area contributed by atoms with Crippen LogP contribution >= 0.6 is 0 Å². The van der Waals surface area contributed by atoms with Gasteiger partial charge in [0, 0.05) is 12.6 Å². The molecular weight excluding hydrogens is 260 g/mol. The van der Waals surface area contributed by atoms with Crippen molar-refractivity contribution < 1.29 is 19.4 Å². The molecule has 114 valence electrons. The molecule has 4 atom stereocenters. The highest BCUT2D eigenvalue weighted by Crippen LogP contribution is 2.25.